The Balaban J connectivity index is 0.000000206. The molecule has 0 radical (unpaired) electrons. The van der Waals surface area contributed by atoms with E-state index in [0.29, 0.717) is 0 Å². The summed E-state index contributed by atoms with van der Waals surface area (Å²) in [6.07, 6.45) is 8.43. The zero-order valence-electron chi connectivity index (χ0n) is 8.07. The van der Waals surface area contributed by atoms with Gasteiger partial charge in [-0.15, -0.1) is 0 Å². The number of rotatable bonds is 0. The second-order valence-corrected chi connectivity index (χ2v) is 3.62. The van der Waals surface area contributed by atoms with E-state index in [1.54, 1.807) is 0 Å². The molecular weight excluding hydrogens is 160 g/mol. The molecule has 2 heterocycles. The zero-order chi connectivity index (χ0) is 8.49. The van der Waals surface area contributed by atoms with Gasteiger partial charge in [0.2, 0.25) is 0 Å². The van der Waals surface area contributed by atoms with Crippen LogP contribution in [0.2, 0.25) is 0 Å². The highest BCUT2D eigenvalue weighted by molar-refractivity contribution is 4.55. The predicted octanol–water partition coefficient (Wildman–Crippen LogP) is 2.16. The maximum absolute atomic E-state index is 3.28. The molecule has 2 fully saturated rings. The summed E-state index contributed by atoms with van der Waals surface area (Å²) in [5.74, 6) is 0. The molecule has 2 N–H and O–H groups in total. The van der Waals surface area contributed by atoms with Gasteiger partial charge in [0.1, 0.15) is 0 Å². The average Bonchev–Trinajstić information content (AvgIpc) is 2.24. The van der Waals surface area contributed by atoms with E-state index in [9.17, 15) is 0 Å². The van der Waals surface area contributed by atoms with Gasteiger partial charge in [-0.05, 0) is 51.9 Å². The third-order valence-corrected chi connectivity index (χ3v) is 2.41. The summed E-state index contributed by atoms with van der Waals surface area (Å²) in [4.78, 5) is 0. The van der Waals surface area contributed by atoms with E-state index in [4.69, 9.17) is 0 Å². The minimum absolute atomic E-state index is 0. The minimum atomic E-state index is 0. The van der Waals surface area contributed by atoms with E-state index < -0.39 is 0 Å². The Morgan fingerprint density at radius 3 is 0.846 bits per heavy atom. The molecule has 0 aromatic rings. The van der Waals surface area contributed by atoms with Crippen LogP contribution in [0.15, 0.2) is 0 Å². The highest BCUT2D eigenvalue weighted by Gasteiger charge is 1.94. The molecule has 0 atom stereocenters. The Bertz CT molecular complexity index is 51.1. The van der Waals surface area contributed by atoms with Gasteiger partial charge in [-0.2, -0.15) is 0 Å². The molecule has 2 saturated heterocycles. The highest BCUT2D eigenvalue weighted by atomic mass is 14.9. The third kappa shape index (κ3) is 8.26. The van der Waals surface area contributed by atoms with Crippen molar-refractivity contribution in [2.24, 2.45) is 0 Å². The summed E-state index contributed by atoms with van der Waals surface area (Å²) in [6, 6.07) is 0. The molecule has 2 aliphatic rings. The molecule has 80 valence electrons. The van der Waals surface area contributed by atoms with Crippen molar-refractivity contribution >= 4 is 0 Å². The quantitative estimate of drug-likeness (QED) is 0.606. The van der Waals surface area contributed by atoms with Gasteiger partial charge < -0.3 is 10.6 Å². The van der Waals surface area contributed by atoms with Crippen molar-refractivity contribution < 1.29 is 0 Å². The molecule has 0 amide bonds. The summed E-state index contributed by atoms with van der Waals surface area (Å²) in [5, 5.41) is 6.57. The molecule has 0 aromatic heterocycles. The standard InChI is InChI=1S/2C5H11N.CH4/c2*1-2-4-6-5-3-1;/h2*6H,1-5H2;1H4. The molecule has 2 heteroatoms. The number of hydrogen-bond acceptors (Lipinski definition) is 2. The highest BCUT2D eigenvalue weighted by Crippen LogP contribution is 1.97. The largest absolute Gasteiger partial charge is 0.317 e. The van der Waals surface area contributed by atoms with Crippen LogP contribution in [0.25, 0.3) is 0 Å². The van der Waals surface area contributed by atoms with Crippen LogP contribution in [0.4, 0.5) is 0 Å². The van der Waals surface area contributed by atoms with Crippen LogP contribution >= 0.6 is 0 Å². The zero-order valence-corrected chi connectivity index (χ0v) is 8.07. The Morgan fingerprint density at radius 1 is 0.462 bits per heavy atom. The van der Waals surface area contributed by atoms with Gasteiger partial charge in [-0.25, -0.2) is 0 Å². The number of hydrogen-bond donors (Lipinski definition) is 2. The predicted molar refractivity (Wildman–Crippen MR) is 60.2 cm³/mol. The Labute approximate surface area is 83.5 Å². The molecule has 2 nitrogen and oxygen atoms in total. The first-order valence-corrected chi connectivity index (χ1v) is 5.41. The first kappa shape index (κ1) is 12.9. The molecule has 2 rings (SSSR count). The molecule has 2 aliphatic heterocycles. The van der Waals surface area contributed by atoms with Crippen molar-refractivity contribution in [3.63, 3.8) is 0 Å². The fourth-order valence-electron chi connectivity index (χ4n) is 1.60. The van der Waals surface area contributed by atoms with Gasteiger partial charge in [0.25, 0.3) is 0 Å². The van der Waals surface area contributed by atoms with Gasteiger partial charge in [-0.1, -0.05) is 20.3 Å². The molecular formula is C11H26N2. The Kier molecular flexibility index (Phi) is 9.94. The molecule has 13 heavy (non-hydrogen) atoms. The maximum Gasteiger partial charge on any atom is -0.00489 e. The van der Waals surface area contributed by atoms with E-state index >= 15 is 0 Å². The lowest BCUT2D eigenvalue weighted by molar-refractivity contribution is 0.520. The van der Waals surface area contributed by atoms with E-state index in [0.717, 1.165) is 0 Å². The normalized spacial score (nSPS) is 22.2. The second-order valence-electron chi connectivity index (χ2n) is 3.62. The average molecular weight is 186 g/mol. The van der Waals surface area contributed by atoms with E-state index in [1.807, 2.05) is 0 Å². The van der Waals surface area contributed by atoms with Crippen molar-refractivity contribution in [1.82, 2.24) is 10.6 Å². The van der Waals surface area contributed by atoms with Gasteiger partial charge in [0.15, 0.2) is 0 Å². The number of piperidine rings is 2. The molecule has 0 unspecified atom stereocenters. The maximum atomic E-state index is 3.28. The molecule has 0 aromatic carbocycles. The van der Waals surface area contributed by atoms with Crippen LogP contribution < -0.4 is 10.6 Å². The SMILES string of the molecule is C.C1CCNCC1.C1CCNCC1. The first-order chi connectivity index (χ1) is 6.00. The van der Waals surface area contributed by atoms with Crippen molar-refractivity contribution in [2.45, 2.75) is 46.0 Å². The van der Waals surface area contributed by atoms with Crippen molar-refractivity contribution in [1.29, 1.82) is 0 Å². The van der Waals surface area contributed by atoms with Crippen LogP contribution in [0.1, 0.15) is 46.0 Å². The lowest BCUT2D eigenvalue weighted by Gasteiger charge is -2.08. The summed E-state index contributed by atoms with van der Waals surface area (Å²) < 4.78 is 0. The van der Waals surface area contributed by atoms with Crippen LogP contribution in [-0.4, -0.2) is 26.2 Å². The lowest BCUT2D eigenvalue weighted by atomic mass is 10.2. The van der Waals surface area contributed by atoms with Crippen LogP contribution in [0.5, 0.6) is 0 Å². The number of nitrogens with one attached hydrogen (secondary N) is 2. The van der Waals surface area contributed by atoms with Crippen LogP contribution in [0.3, 0.4) is 0 Å². The van der Waals surface area contributed by atoms with Gasteiger partial charge in [0, 0.05) is 0 Å². The Hall–Kier alpha value is -0.0800. The molecule has 0 aliphatic carbocycles. The monoisotopic (exact) mass is 186 g/mol. The summed E-state index contributed by atoms with van der Waals surface area (Å²) in [5.41, 5.74) is 0. The van der Waals surface area contributed by atoms with Crippen molar-refractivity contribution in [3.8, 4) is 0 Å². The summed E-state index contributed by atoms with van der Waals surface area (Å²) in [6.45, 7) is 5.00. The topological polar surface area (TPSA) is 24.1 Å². The molecule has 0 saturated carbocycles. The van der Waals surface area contributed by atoms with Crippen LogP contribution in [-0.2, 0) is 0 Å². The van der Waals surface area contributed by atoms with Gasteiger partial charge >= 0.3 is 0 Å². The van der Waals surface area contributed by atoms with E-state index in [2.05, 4.69) is 10.6 Å². The van der Waals surface area contributed by atoms with E-state index in [1.165, 1.54) is 64.7 Å². The first-order valence-electron chi connectivity index (χ1n) is 5.41. The van der Waals surface area contributed by atoms with Crippen molar-refractivity contribution in [2.75, 3.05) is 26.2 Å². The van der Waals surface area contributed by atoms with Crippen LogP contribution in [0, 0.1) is 0 Å². The van der Waals surface area contributed by atoms with Gasteiger partial charge in [0.05, 0.1) is 0 Å². The second kappa shape index (κ2) is 10.0. The fourth-order valence-corrected chi connectivity index (χ4v) is 1.60. The smallest absolute Gasteiger partial charge is 0.00489 e. The summed E-state index contributed by atoms with van der Waals surface area (Å²) >= 11 is 0. The lowest BCUT2D eigenvalue weighted by Crippen LogP contribution is -2.21. The molecule has 0 bridgehead atoms. The van der Waals surface area contributed by atoms with Crippen molar-refractivity contribution in [3.05, 3.63) is 0 Å². The van der Waals surface area contributed by atoms with E-state index in [-0.39, 0.29) is 7.43 Å². The minimum Gasteiger partial charge on any atom is -0.317 e. The summed E-state index contributed by atoms with van der Waals surface area (Å²) in [7, 11) is 0. The van der Waals surface area contributed by atoms with Gasteiger partial charge in [-0.3, -0.25) is 0 Å². The Morgan fingerprint density at radius 2 is 0.769 bits per heavy atom. The fraction of sp³-hybridized carbons (Fsp3) is 1.00. The molecule has 0 spiro atoms. The third-order valence-electron chi connectivity index (χ3n) is 2.41.